The van der Waals surface area contributed by atoms with Crippen LogP contribution in [0.2, 0.25) is 5.02 Å². The van der Waals surface area contributed by atoms with Crippen molar-refractivity contribution in [2.24, 2.45) is 0 Å². The highest BCUT2D eigenvalue weighted by Crippen LogP contribution is 2.29. The zero-order valence-electron chi connectivity index (χ0n) is 15.5. The first-order valence-corrected chi connectivity index (χ1v) is 11.2. The van der Waals surface area contributed by atoms with Crippen LogP contribution in [-0.2, 0) is 19.9 Å². The van der Waals surface area contributed by atoms with Crippen LogP contribution in [0.4, 0.5) is 9.80 Å². The van der Waals surface area contributed by atoms with E-state index in [1.54, 1.807) is 11.4 Å². The molecule has 3 rings (SSSR count). The van der Waals surface area contributed by atoms with Gasteiger partial charge in [-0.3, -0.25) is 29.2 Å². The summed E-state index contributed by atoms with van der Waals surface area (Å²) in [6, 6.07) is 6.83. The van der Waals surface area contributed by atoms with E-state index in [1.807, 2.05) is 5.32 Å². The molecule has 1 aromatic heterocycles. The molecular weight excluding hydrogens is 472 g/mol. The van der Waals surface area contributed by atoms with Gasteiger partial charge in [-0.25, -0.2) is 9.10 Å². The van der Waals surface area contributed by atoms with Crippen molar-refractivity contribution in [3.63, 3.8) is 0 Å². The number of anilines is 1. The van der Waals surface area contributed by atoms with Gasteiger partial charge in [-0.1, -0.05) is 11.6 Å². The van der Waals surface area contributed by atoms with E-state index >= 15 is 0 Å². The van der Waals surface area contributed by atoms with Crippen LogP contribution in [0, 0.1) is 0 Å². The van der Waals surface area contributed by atoms with Crippen LogP contribution in [-0.4, -0.2) is 60.2 Å². The van der Waals surface area contributed by atoms with Crippen LogP contribution in [0.15, 0.2) is 41.8 Å². The second kappa shape index (κ2) is 9.01. The second-order valence-electron chi connectivity index (χ2n) is 6.22. The second-order valence-corrected chi connectivity index (χ2v) is 8.92. The highest BCUT2D eigenvalue weighted by atomic mass is 35.5. The van der Waals surface area contributed by atoms with Gasteiger partial charge in [0.15, 0.2) is 0 Å². The number of thiophene rings is 1. The van der Waals surface area contributed by atoms with Crippen molar-refractivity contribution in [2.75, 3.05) is 18.0 Å². The Morgan fingerprint density at radius 3 is 2.45 bits per heavy atom. The zero-order valence-corrected chi connectivity index (χ0v) is 17.9. The number of urea groups is 1. The van der Waals surface area contributed by atoms with Crippen molar-refractivity contribution in [3.8, 4) is 0 Å². The van der Waals surface area contributed by atoms with Crippen molar-refractivity contribution >= 4 is 62.0 Å². The van der Waals surface area contributed by atoms with E-state index in [-0.39, 0.29) is 9.87 Å². The first kappa shape index (κ1) is 22.7. The molecule has 1 aliphatic rings. The molecule has 1 unspecified atom stereocenters. The summed E-state index contributed by atoms with van der Waals surface area (Å²) in [5, 5.41) is 6.67. The summed E-state index contributed by atoms with van der Waals surface area (Å²) in [7, 11) is -4.72. The number of hydrogen-bond acceptors (Lipinski definition) is 7. The lowest BCUT2D eigenvalue weighted by atomic mass is 10.1. The number of nitrogens with one attached hydrogen (secondary N) is 2. The molecule has 2 aromatic rings. The van der Waals surface area contributed by atoms with Crippen LogP contribution < -0.4 is 15.5 Å². The predicted octanol–water partition coefficient (Wildman–Crippen LogP) is 0.888. The maximum absolute atomic E-state index is 12.7. The number of rotatable bonds is 6. The van der Waals surface area contributed by atoms with Crippen LogP contribution in [0.5, 0.6) is 0 Å². The Hall–Kier alpha value is -3.00. The summed E-state index contributed by atoms with van der Waals surface area (Å²) in [4.78, 5) is 49.9. The van der Waals surface area contributed by atoms with Gasteiger partial charge in [-0.2, -0.15) is 8.42 Å². The van der Waals surface area contributed by atoms with Crippen molar-refractivity contribution < 1.29 is 32.1 Å². The van der Waals surface area contributed by atoms with Gasteiger partial charge >= 0.3 is 16.3 Å². The summed E-state index contributed by atoms with van der Waals surface area (Å²) < 4.78 is 31.6. The number of carbonyl (C=O) groups is 4. The minimum atomic E-state index is -4.72. The lowest BCUT2D eigenvalue weighted by molar-refractivity contribution is -0.138. The molecule has 1 aromatic carbocycles. The molecule has 1 atom stereocenters. The molecule has 0 aliphatic carbocycles. The van der Waals surface area contributed by atoms with E-state index in [1.165, 1.54) is 30.3 Å². The van der Waals surface area contributed by atoms with Crippen molar-refractivity contribution in [1.82, 2.24) is 14.9 Å². The van der Waals surface area contributed by atoms with Gasteiger partial charge in [0.2, 0.25) is 5.91 Å². The molecule has 0 radical (unpaired) electrons. The Labute approximate surface area is 185 Å². The van der Waals surface area contributed by atoms with E-state index in [9.17, 15) is 27.6 Å². The molecular formula is C17H15ClN4O7S2. The predicted molar refractivity (Wildman–Crippen MR) is 111 cm³/mol. The lowest BCUT2D eigenvalue weighted by Crippen LogP contribution is -2.67. The van der Waals surface area contributed by atoms with Crippen LogP contribution >= 0.6 is 22.9 Å². The number of benzene rings is 1. The average molecular weight is 487 g/mol. The first-order valence-electron chi connectivity index (χ1n) is 8.57. The Morgan fingerprint density at radius 2 is 1.90 bits per heavy atom. The third-order valence-electron chi connectivity index (χ3n) is 4.21. The maximum atomic E-state index is 12.7. The minimum absolute atomic E-state index is 0.177. The lowest BCUT2D eigenvalue weighted by Gasteiger charge is -2.41. The molecule has 31 heavy (non-hydrogen) atoms. The van der Waals surface area contributed by atoms with Crippen molar-refractivity contribution in [3.05, 3.63) is 52.4 Å². The molecule has 1 fully saturated rings. The number of halogens is 1. The fraction of sp³-hybridized carbons (Fsp3) is 0.176. The molecule has 2 heterocycles. The topological polar surface area (TPSA) is 153 Å². The third-order valence-corrected chi connectivity index (χ3v) is 6.21. The zero-order chi connectivity index (χ0) is 22.8. The number of β-lactam (4-membered cyclic amide) rings is 1. The molecule has 0 spiro atoms. The number of carbonyl (C=O) groups excluding carboxylic acids is 4. The Balaban J connectivity index is 1.62. The first-order chi connectivity index (χ1) is 14.6. The smallest absolute Gasteiger partial charge is 0.329 e. The minimum Gasteiger partial charge on any atom is -0.329 e. The van der Waals surface area contributed by atoms with E-state index in [0.29, 0.717) is 10.0 Å². The van der Waals surface area contributed by atoms with E-state index in [0.717, 1.165) is 16.2 Å². The van der Waals surface area contributed by atoms with Crippen LogP contribution in [0.3, 0.4) is 0 Å². The van der Waals surface area contributed by atoms with Gasteiger partial charge in [0.05, 0.1) is 18.1 Å². The van der Waals surface area contributed by atoms with E-state index < -0.39 is 53.2 Å². The molecule has 1 aliphatic heterocycles. The van der Waals surface area contributed by atoms with Crippen molar-refractivity contribution in [1.29, 1.82) is 0 Å². The SMILES string of the molecule is O=C(NCC(=O)N(c1cccs1)C1CN(S(=O)(=O)O)C1=O)NC(=O)c1ccc(Cl)cc1. The maximum Gasteiger partial charge on any atom is 0.362 e. The number of hydrogen-bond donors (Lipinski definition) is 3. The fourth-order valence-electron chi connectivity index (χ4n) is 2.70. The Morgan fingerprint density at radius 1 is 1.23 bits per heavy atom. The van der Waals surface area contributed by atoms with Crippen molar-refractivity contribution in [2.45, 2.75) is 6.04 Å². The van der Waals surface area contributed by atoms with Gasteiger partial charge in [0, 0.05) is 10.6 Å². The van der Waals surface area contributed by atoms with Gasteiger partial charge in [0.1, 0.15) is 6.04 Å². The summed E-state index contributed by atoms with van der Waals surface area (Å²) in [6.07, 6.45) is 0. The van der Waals surface area contributed by atoms with Gasteiger partial charge < -0.3 is 5.32 Å². The Kier molecular flexibility index (Phi) is 6.59. The van der Waals surface area contributed by atoms with Gasteiger partial charge in [-0.05, 0) is 41.8 Å². The Bertz CT molecular complexity index is 1120. The summed E-state index contributed by atoms with van der Waals surface area (Å²) in [5.74, 6) is -2.41. The summed E-state index contributed by atoms with van der Waals surface area (Å²) >= 11 is 6.86. The van der Waals surface area contributed by atoms with Gasteiger partial charge in [-0.15, -0.1) is 11.3 Å². The monoisotopic (exact) mass is 486 g/mol. The molecule has 0 saturated carbocycles. The largest absolute Gasteiger partial charge is 0.362 e. The quantitative estimate of drug-likeness (QED) is 0.404. The highest BCUT2D eigenvalue weighted by Gasteiger charge is 2.49. The molecule has 0 bridgehead atoms. The fourth-order valence-corrected chi connectivity index (χ4v) is 4.30. The molecule has 11 nitrogen and oxygen atoms in total. The molecule has 5 amide bonds. The summed E-state index contributed by atoms with van der Waals surface area (Å²) in [5.41, 5.74) is 0.177. The third kappa shape index (κ3) is 5.19. The average Bonchev–Trinajstić information content (AvgIpc) is 3.22. The highest BCUT2D eigenvalue weighted by molar-refractivity contribution is 7.84. The standard InChI is InChI=1S/C17H15ClN4O7S2/c18-11-5-3-10(4-6-11)15(24)20-17(26)19-8-13(23)22(14-2-1-7-30-14)12-9-21(16(12)25)31(27,28)29/h1-7,12H,8-9H2,(H,27,28,29)(H2,19,20,24,26). The number of imide groups is 1. The number of nitrogens with zero attached hydrogens (tertiary/aromatic N) is 2. The molecule has 3 N–H and O–H groups in total. The van der Waals surface area contributed by atoms with Crippen LogP contribution in [0.1, 0.15) is 10.4 Å². The van der Waals surface area contributed by atoms with Crippen LogP contribution in [0.25, 0.3) is 0 Å². The van der Waals surface area contributed by atoms with E-state index in [2.05, 4.69) is 5.32 Å². The van der Waals surface area contributed by atoms with Gasteiger partial charge in [0.25, 0.3) is 11.8 Å². The molecule has 14 heteroatoms. The molecule has 1 saturated heterocycles. The number of amides is 5. The van der Waals surface area contributed by atoms with E-state index in [4.69, 9.17) is 16.2 Å². The molecule has 164 valence electrons. The summed E-state index contributed by atoms with van der Waals surface area (Å²) in [6.45, 7) is -1.00. The normalized spacial score (nSPS) is 15.7.